The van der Waals surface area contributed by atoms with Crippen molar-refractivity contribution in [2.24, 2.45) is 10.9 Å². The van der Waals surface area contributed by atoms with E-state index < -0.39 is 10.0 Å². The number of benzene rings is 3. The number of nitrogens with two attached hydrogens (primary N) is 3. The Morgan fingerprint density at radius 3 is 2.44 bits per heavy atom. The van der Waals surface area contributed by atoms with Gasteiger partial charge in [-0.05, 0) is 35.4 Å². The highest BCUT2D eigenvalue weighted by molar-refractivity contribution is 7.89. The first kappa shape index (κ1) is 26.5. The number of hydrogen-bond acceptors (Lipinski definition) is 5. The number of primary sulfonamides is 1. The van der Waals surface area contributed by atoms with E-state index in [9.17, 15) is 13.2 Å². The van der Waals surface area contributed by atoms with Gasteiger partial charge in [0.2, 0.25) is 15.9 Å². The van der Waals surface area contributed by atoms with Crippen LogP contribution in [-0.2, 0) is 14.8 Å². The summed E-state index contributed by atoms with van der Waals surface area (Å²) < 4.78 is 23.8. The van der Waals surface area contributed by atoms with Crippen molar-refractivity contribution in [3.63, 3.8) is 0 Å². The average Bonchev–Trinajstić information content (AvgIpc) is 2.86. The second-order valence-corrected chi connectivity index (χ2v) is 9.66. The highest BCUT2D eigenvalue weighted by Crippen LogP contribution is 2.28. The number of sulfonamides is 1. The summed E-state index contributed by atoms with van der Waals surface area (Å²) in [6.45, 7) is 0.558. The molecule has 0 spiro atoms. The van der Waals surface area contributed by atoms with Crippen LogP contribution in [0.25, 0.3) is 11.1 Å². The molecule has 0 aliphatic heterocycles. The van der Waals surface area contributed by atoms with E-state index in [2.05, 4.69) is 5.32 Å². The third-order valence-corrected chi connectivity index (χ3v) is 6.51. The van der Waals surface area contributed by atoms with Crippen LogP contribution in [0, 0.1) is 10.8 Å². The molecule has 0 saturated heterocycles. The van der Waals surface area contributed by atoms with Crippen LogP contribution < -0.4 is 21.5 Å². The van der Waals surface area contributed by atoms with Crippen LogP contribution in [0.1, 0.15) is 23.5 Å². The monoisotopic (exact) mass is 505 g/mol. The van der Waals surface area contributed by atoms with Gasteiger partial charge in [0.25, 0.3) is 0 Å². The molecule has 0 fully saturated rings. The molecule has 0 aromatic heterocycles. The molecule has 1 amide bonds. The van der Waals surface area contributed by atoms with Crippen LogP contribution in [0.15, 0.2) is 90.0 Å². The number of carbonyl (C=O) groups excluding carboxylic acids is 1. The van der Waals surface area contributed by atoms with Gasteiger partial charge in [0.15, 0.2) is 0 Å². The lowest BCUT2D eigenvalue weighted by Gasteiger charge is -2.16. The van der Waals surface area contributed by atoms with Crippen molar-refractivity contribution in [3.8, 4) is 11.1 Å². The van der Waals surface area contributed by atoms with E-state index in [4.69, 9.17) is 21.7 Å². The van der Waals surface area contributed by atoms with Gasteiger partial charge >= 0.3 is 0 Å². The molecule has 0 radical (unpaired) electrons. The van der Waals surface area contributed by atoms with Crippen molar-refractivity contribution in [2.45, 2.75) is 17.2 Å². The Hall–Kier alpha value is -4.12. The minimum Gasteiger partial charge on any atom is -0.384 e. The van der Waals surface area contributed by atoms with Gasteiger partial charge in [0.1, 0.15) is 5.84 Å². The molecule has 10 heteroatoms. The van der Waals surface area contributed by atoms with E-state index in [1.807, 2.05) is 23.5 Å². The highest BCUT2D eigenvalue weighted by atomic mass is 32.2. The number of carbonyl (C=O) groups is 1. The van der Waals surface area contributed by atoms with Gasteiger partial charge in [-0.3, -0.25) is 10.2 Å². The van der Waals surface area contributed by atoms with E-state index >= 15 is 0 Å². The van der Waals surface area contributed by atoms with Crippen LogP contribution in [0.5, 0.6) is 0 Å². The first-order valence-electron chi connectivity index (χ1n) is 11.1. The molecule has 1 unspecified atom stereocenters. The van der Waals surface area contributed by atoms with Crippen molar-refractivity contribution in [1.82, 2.24) is 0 Å². The Morgan fingerprint density at radius 1 is 1.06 bits per heavy atom. The fourth-order valence-electron chi connectivity index (χ4n) is 3.80. The summed E-state index contributed by atoms with van der Waals surface area (Å²) >= 11 is 0. The number of quaternary nitrogens is 1. The van der Waals surface area contributed by atoms with Gasteiger partial charge in [-0.1, -0.05) is 48.5 Å². The summed E-state index contributed by atoms with van der Waals surface area (Å²) in [4.78, 5) is 12.9. The fraction of sp³-hybridized carbons (Fsp3) is 0.115. The molecule has 3 aromatic carbocycles. The predicted octanol–water partition coefficient (Wildman–Crippen LogP) is 2.12. The van der Waals surface area contributed by atoms with Crippen LogP contribution >= 0.6 is 0 Å². The molecule has 0 saturated carbocycles. The zero-order valence-electron chi connectivity index (χ0n) is 19.5. The van der Waals surface area contributed by atoms with E-state index in [1.165, 1.54) is 12.3 Å². The number of anilines is 1. The van der Waals surface area contributed by atoms with Crippen molar-refractivity contribution >= 4 is 33.7 Å². The van der Waals surface area contributed by atoms with Gasteiger partial charge in [0.05, 0.1) is 17.6 Å². The van der Waals surface area contributed by atoms with Gasteiger partial charge in [-0.15, -0.1) is 0 Å². The third kappa shape index (κ3) is 7.19. The number of amides is 1. The van der Waals surface area contributed by atoms with E-state index in [1.54, 1.807) is 60.8 Å². The van der Waals surface area contributed by atoms with Crippen LogP contribution in [0.4, 0.5) is 5.69 Å². The quantitative estimate of drug-likeness (QED) is 0.173. The smallest absolute Gasteiger partial charge is 0.238 e. The SMILES string of the molecule is N=C/C=C\[NH2+]CC(CC(=O)Nc1ccc(-c2ccccc2S(N)(=O)=O)cc1)c1cccc(C(=N)N)c1. The number of hydrogen-bond donors (Lipinski definition) is 6. The molecule has 0 bridgehead atoms. The summed E-state index contributed by atoms with van der Waals surface area (Å²) in [7, 11) is -3.88. The molecule has 3 rings (SSSR count). The van der Waals surface area contributed by atoms with Gasteiger partial charge in [0, 0.05) is 41.4 Å². The van der Waals surface area contributed by atoms with Crippen LogP contribution in [-0.4, -0.2) is 32.9 Å². The maximum atomic E-state index is 12.9. The minimum atomic E-state index is -3.88. The topological polar surface area (TPSA) is 180 Å². The minimum absolute atomic E-state index is 0.0331. The molecule has 9 N–H and O–H groups in total. The first-order chi connectivity index (χ1) is 17.2. The molecule has 0 aliphatic rings. The normalized spacial score (nSPS) is 12.2. The van der Waals surface area contributed by atoms with Crippen molar-refractivity contribution < 1.29 is 18.5 Å². The summed E-state index contributed by atoms with van der Waals surface area (Å²) in [6, 6.07) is 20.6. The Bertz CT molecular complexity index is 1380. The lowest BCUT2D eigenvalue weighted by atomic mass is 9.93. The van der Waals surface area contributed by atoms with Crippen molar-refractivity contribution in [1.29, 1.82) is 10.8 Å². The largest absolute Gasteiger partial charge is 0.384 e. The predicted molar refractivity (Wildman–Crippen MR) is 141 cm³/mol. The van der Waals surface area contributed by atoms with Gasteiger partial charge < -0.3 is 21.8 Å². The maximum Gasteiger partial charge on any atom is 0.238 e. The summed E-state index contributed by atoms with van der Waals surface area (Å²) in [5.74, 6) is -0.409. The summed E-state index contributed by atoms with van der Waals surface area (Å²) in [6.07, 6.45) is 4.72. The Balaban J connectivity index is 1.76. The van der Waals surface area contributed by atoms with E-state index in [-0.39, 0.29) is 29.0 Å². The van der Waals surface area contributed by atoms with Crippen LogP contribution in [0.2, 0.25) is 0 Å². The standard InChI is InChI=1S/C26H28N6O3S/c27-13-4-14-31-17-21(19-5-3-6-20(15-19)26(28)29)16-25(33)32-22-11-9-18(10-12-22)23-7-1-2-8-24(23)36(30,34)35/h1-15,21,27,31H,16-17H2,(H3,28,29)(H,32,33)(H2,30,34,35)/p+1/b14-4-,27-13?. The van der Waals surface area contributed by atoms with E-state index in [0.717, 1.165) is 5.56 Å². The maximum absolute atomic E-state index is 12.9. The summed E-state index contributed by atoms with van der Waals surface area (Å²) in [5.41, 5.74) is 8.81. The summed E-state index contributed by atoms with van der Waals surface area (Å²) in [5, 5.41) is 24.9. The zero-order chi connectivity index (χ0) is 26.1. The second-order valence-electron chi connectivity index (χ2n) is 8.13. The molecule has 36 heavy (non-hydrogen) atoms. The second kappa shape index (κ2) is 12.0. The number of amidine groups is 1. The Kier molecular flexibility index (Phi) is 8.85. The molecule has 0 heterocycles. The van der Waals surface area contributed by atoms with Crippen LogP contribution in [0.3, 0.4) is 0 Å². The number of nitrogens with one attached hydrogen (secondary N) is 3. The highest BCUT2D eigenvalue weighted by Gasteiger charge is 2.19. The third-order valence-electron chi connectivity index (χ3n) is 5.54. The molecule has 186 valence electrons. The number of nitrogen functional groups attached to an aromatic ring is 1. The fourth-order valence-corrected chi connectivity index (χ4v) is 4.56. The molecular weight excluding hydrogens is 476 g/mol. The Morgan fingerprint density at radius 2 is 1.78 bits per heavy atom. The molecular formula is C26H29N6O3S+. The number of rotatable bonds is 11. The molecule has 3 aromatic rings. The van der Waals surface area contributed by atoms with Crippen molar-refractivity contribution in [3.05, 3.63) is 96.2 Å². The molecule has 9 nitrogen and oxygen atoms in total. The average molecular weight is 506 g/mol. The van der Waals surface area contributed by atoms with Gasteiger partial charge in [-0.25, -0.2) is 13.6 Å². The zero-order valence-corrected chi connectivity index (χ0v) is 20.3. The van der Waals surface area contributed by atoms with Gasteiger partial charge in [-0.2, -0.15) is 0 Å². The van der Waals surface area contributed by atoms with E-state index in [0.29, 0.717) is 28.9 Å². The molecule has 0 aliphatic carbocycles. The Labute approximate surface area is 210 Å². The van der Waals surface area contributed by atoms with Crippen molar-refractivity contribution in [2.75, 3.05) is 11.9 Å². The number of allylic oxidation sites excluding steroid dienone is 1. The lowest BCUT2D eigenvalue weighted by Crippen LogP contribution is -2.79. The lowest BCUT2D eigenvalue weighted by molar-refractivity contribution is -0.590. The molecule has 1 atom stereocenters. The first-order valence-corrected chi connectivity index (χ1v) is 12.7.